The van der Waals surface area contributed by atoms with Crippen LogP contribution in [0.1, 0.15) is 47.0 Å². The van der Waals surface area contributed by atoms with Crippen molar-refractivity contribution in [2.75, 3.05) is 6.54 Å². The lowest BCUT2D eigenvalue weighted by Gasteiger charge is -2.27. The molecule has 0 saturated carbocycles. The van der Waals surface area contributed by atoms with E-state index in [0.717, 1.165) is 0 Å². The molecule has 5 nitrogen and oxygen atoms in total. The first-order chi connectivity index (χ1) is 10.8. The van der Waals surface area contributed by atoms with Crippen LogP contribution in [-0.2, 0) is 14.4 Å². The minimum absolute atomic E-state index is 0.172. The molecule has 0 unspecified atom stereocenters. The molecule has 1 N–H and O–H groups in total. The smallest absolute Gasteiger partial charge is 0.243 e. The maximum atomic E-state index is 12.7. The van der Waals surface area contributed by atoms with Gasteiger partial charge in [-0.3, -0.25) is 19.3 Å². The number of carbonyl (C=O) groups is 3. The van der Waals surface area contributed by atoms with Gasteiger partial charge in [-0.2, -0.15) is 0 Å². The lowest BCUT2D eigenvalue weighted by molar-refractivity contribution is -0.148. The molecule has 1 heterocycles. The summed E-state index contributed by atoms with van der Waals surface area (Å²) in [4.78, 5) is 39.3. The van der Waals surface area contributed by atoms with Crippen molar-refractivity contribution >= 4 is 17.7 Å². The fourth-order valence-electron chi connectivity index (χ4n) is 3.33. The fraction of sp³-hybridized carbons (Fsp3) is 0.722. The lowest BCUT2D eigenvalue weighted by atomic mass is 9.85. The summed E-state index contributed by atoms with van der Waals surface area (Å²) < 4.78 is 0. The number of fused-ring (bicyclic) bond motifs is 1. The Morgan fingerprint density at radius 2 is 1.61 bits per heavy atom. The molecular formula is C18H28N2O3. The van der Waals surface area contributed by atoms with Crippen molar-refractivity contribution in [3.8, 4) is 0 Å². The average Bonchev–Trinajstić information content (AvgIpc) is 2.74. The summed E-state index contributed by atoms with van der Waals surface area (Å²) in [5, 5.41) is 2.89. The van der Waals surface area contributed by atoms with Crippen LogP contribution in [0.2, 0.25) is 0 Å². The van der Waals surface area contributed by atoms with Gasteiger partial charge in [-0.1, -0.05) is 39.8 Å². The number of allylic oxidation sites excluding steroid dienone is 2. The molecule has 2 aliphatic rings. The molecule has 0 spiro atoms. The number of hydrogen-bond donors (Lipinski definition) is 1. The molecule has 0 bridgehead atoms. The Hall–Kier alpha value is -1.65. The van der Waals surface area contributed by atoms with Crippen LogP contribution >= 0.6 is 0 Å². The van der Waals surface area contributed by atoms with Gasteiger partial charge in [-0.15, -0.1) is 0 Å². The van der Waals surface area contributed by atoms with Crippen molar-refractivity contribution in [1.29, 1.82) is 0 Å². The summed E-state index contributed by atoms with van der Waals surface area (Å²) in [5.41, 5.74) is 0. The van der Waals surface area contributed by atoms with E-state index in [-0.39, 0.29) is 35.5 Å². The van der Waals surface area contributed by atoms with Gasteiger partial charge < -0.3 is 5.32 Å². The van der Waals surface area contributed by atoms with E-state index in [4.69, 9.17) is 0 Å². The normalized spacial score (nSPS) is 25.2. The van der Waals surface area contributed by atoms with Crippen LogP contribution in [0.25, 0.3) is 0 Å². The third-order valence-electron chi connectivity index (χ3n) is 4.54. The second-order valence-corrected chi connectivity index (χ2v) is 7.49. The first-order valence-corrected chi connectivity index (χ1v) is 8.62. The molecule has 0 aromatic heterocycles. The highest BCUT2D eigenvalue weighted by Gasteiger charge is 2.51. The van der Waals surface area contributed by atoms with Crippen LogP contribution in [0.5, 0.6) is 0 Å². The summed E-state index contributed by atoms with van der Waals surface area (Å²) >= 11 is 0. The van der Waals surface area contributed by atoms with Gasteiger partial charge in [0.05, 0.1) is 11.8 Å². The molecule has 1 saturated heterocycles. The van der Waals surface area contributed by atoms with E-state index in [9.17, 15) is 14.4 Å². The SMILES string of the molecule is CC(C)CNC(=O)[C@H](CC(C)C)N1C(=O)[C@H]2CC=CC[C@H]2C1=O. The maximum absolute atomic E-state index is 12.7. The maximum Gasteiger partial charge on any atom is 0.243 e. The van der Waals surface area contributed by atoms with E-state index in [2.05, 4.69) is 5.32 Å². The molecule has 5 heteroatoms. The summed E-state index contributed by atoms with van der Waals surface area (Å²) in [6.45, 7) is 8.59. The number of rotatable bonds is 6. The second kappa shape index (κ2) is 7.28. The van der Waals surface area contributed by atoms with E-state index in [1.165, 1.54) is 4.90 Å². The van der Waals surface area contributed by atoms with Gasteiger partial charge in [0.2, 0.25) is 17.7 Å². The van der Waals surface area contributed by atoms with Gasteiger partial charge >= 0.3 is 0 Å². The molecule has 128 valence electrons. The third-order valence-corrected chi connectivity index (χ3v) is 4.54. The number of nitrogens with one attached hydrogen (secondary N) is 1. The Bertz CT molecular complexity index is 484. The monoisotopic (exact) mass is 320 g/mol. The molecule has 0 radical (unpaired) electrons. The number of amides is 3. The Morgan fingerprint density at radius 3 is 2.04 bits per heavy atom. The molecule has 0 aromatic rings. The van der Waals surface area contributed by atoms with Crippen molar-refractivity contribution in [2.24, 2.45) is 23.7 Å². The van der Waals surface area contributed by atoms with Crippen molar-refractivity contribution < 1.29 is 14.4 Å². The highest BCUT2D eigenvalue weighted by atomic mass is 16.2. The number of carbonyl (C=O) groups excluding carboxylic acids is 3. The molecule has 1 fully saturated rings. The predicted octanol–water partition coefficient (Wildman–Crippen LogP) is 2.12. The number of likely N-dealkylation sites (tertiary alicyclic amines) is 1. The highest BCUT2D eigenvalue weighted by molar-refractivity contribution is 6.08. The molecular weight excluding hydrogens is 292 g/mol. The second-order valence-electron chi connectivity index (χ2n) is 7.49. The first-order valence-electron chi connectivity index (χ1n) is 8.62. The summed E-state index contributed by atoms with van der Waals surface area (Å²) in [6.07, 6.45) is 5.65. The fourth-order valence-corrected chi connectivity index (χ4v) is 3.33. The van der Waals surface area contributed by atoms with Crippen molar-refractivity contribution in [3.63, 3.8) is 0 Å². The molecule has 2 rings (SSSR count). The first kappa shape index (κ1) is 17.7. The van der Waals surface area contributed by atoms with Crippen LogP contribution in [0, 0.1) is 23.7 Å². The molecule has 3 amide bonds. The zero-order valence-electron chi connectivity index (χ0n) is 14.5. The van der Waals surface area contributed by atoms with Crippen molar-refractivity contribution in [3.05, 3.63) is 12.2 Å². The minimum atomic E-state index is -0.681. The summed E-state index contributed by atoms with van der Waals surface area (Å²) in [6, 6.07) is -0.681. The standard InChI is InChI=1S/C18H28N2O3/c1-11(2)9-15(16(21)19-10-12(3)4)20-17(22)13-7-5-6-8-14(13)18(20)23/h5-6,11-15H,7-10H2,1-4H3,(H,19,21)/t13-,14+,15-/m0/s1. The number of imide groups is 1. The largest absolute Gasteiger partial charge is 0.354 e. The van der Waals surface area contributed by atoms with Crippen LogP contribution in [0.3, 0.4) is 0 Å². The molecule has 1 aliphatic carbocycles. The van der Waals surface area contributed by atoms with Gasteiger partial charge in [0.1, 0.15) is 6.04 Å². The highest BCUT2D eigenvalue weighted by Crippen LogP contribution is 2.37. The molecule has 0 aromatic carbocycles. The van der Waals surface area contributed by atoms with Crippen LogP contribution < -0.4 is 5.32 Å². The molecule has 1 aliphatic heterocycles. The third kappa shape index (κ3) is 3.82. The zero-order valence-corrected chi connectivity index (χ0v) is 14.5. The van der Waals surface area contributed by atoms with Crippen molar-refractivity contribution in [2.45, 2.75) is 53.0 Å². The quantitative estimate of drug-likeness (QED) is 0.602. The van der Waals surface area contributed by atoms with Gasteiger partial charge in [-0.05, 0) is 31.1 Å². The Morgan fingerprint density at radius 1 is 1.09 bits per heavy atom. The minimum Gasteiger partial charge on any atom is -0.354 e. The van der Waals surface area contributed by atoms with Gasteiger partial charge in [0, 0.05) is 6.54 Å². The van der Waals surface area contributed by atoms with E-state index in [1.807, 2.05) is 39.8 Å². The molecule has 3 atom stereocenters. The van der Waals surface area contributed by atoms with Gasteiger partial charge in [0.25, 0.3) is 0 Å². The average molecular weight is 320 g/mol. The summed E-state index contributed by atoms with van der Waals surface area (Å²) in [5.74, 6) is -0.549. The van der Waals surface area contributed by atoms with Gasteiger partial charge in [0.15, 0.2) is 0 Å². The molecule has 23 heavy (non-hydrogen) atoms. The topological polar surface area (TPSA) is 66.5 Å². The van der Waals surface area contributed by atoms with E-state index >= 15 is 0 Å². The van der Waals surface area contributed by atoms with E-state index < -0.39 is 6.04 Å². The number of nitrogens with zero attached hydrogens (tertiary/aromatic N) is 1. The van der Waals surface area contributed by atoms with E-state index in [0.29, 0.717) is 31.7 Å². The number of hydrogen-bond acceptors (Lipinski definition) is 3. The van der Waals surface area contributed by atoms with Crippen molar-refractivity contribution in [1.82, 2.24) is 10.2 Å². The Labute approximate surface area is 138 Å². The predicted molar refractivity (Wildman–Crippen MR) is 88.3 cm³/mol. The van der Waals surface area contributed by atoms with Crippen LogP contribution in [0.15, 0.2) is 12.2 Å². The van der Waals surface area contributed by atoms with E-state index in [1.54, 1.807) is 0 Å². The van der Waals surface area contributed by atoms with Crippen LogP contribution in [0.4, 0.5) is 0 Å². The van der Waals surface area contributed by atoms with Gasteiger partial charge in [-0.25, -0.2) is 0 Å². The zero-order chi connectivity index (χ0) is 17.1. The Balaban J connectivity index is 2.19. The Kier molecular flexibility index (Phi) is 5.60. The lowest BCUT2D eigenvalue weighted by Crippen LogP contribution is -2.51. The summed E-state index contributed by atoms with van der Waals surface area (Å²) in [7, 11) is 0. The van der Waals surface area contributed by atoms with Crippen LogP contribution in [-0.4, -0.2) is 35.2 Å².